The maximum atomic E-state index is 12.6. The highest BCUT2D eigenvalue weighted by Crippen LogP contribution is 2.35. The predicted molar refractivity (Wildman–Crippen MR) is 193 cm³/mol. The van der Waals surface area contributed by atoms with Crippen LogP contribution in [0.15, 0.2) is 103 Å². The molecule has 0 bridgehead atoms. The zero-order valence-corrected chi connectivity index (χ0v) is 28.8. The number of carbonyl (C=O) groups is 1. The molecule has 6 rings (SSSR count). The zero-order valence-electron chi connectivity index (χ0n) is 28.8. The van der Waals surface area contributed by atoms with Gasteiger partial charge in [-0.15, -0.1) is 0 Å². The van der Waals surface area contributed by atoms with Gasteiger partial charge in [0.05, 0.1) is 5.52 Å². The molecule has 0 atom stereocenters. The van der Waals surface area contributed by atoms with E-state index in [0.29, 0.717) is 38.1 Å². The van der Waals surface area contributed by atoms with E-state index in [1.807, 2.05) is 114 Å². The number of ether oxygens (including phenoxy) is 3. The summed E-state index contributed by atoms with van der Waals surface area (Å²) in [4.78, 5) is 24.0. The number of hydrogen-bond acceptors (Lipinski definition) is 6. The molecule has 5 aromatic rings. The average Bonchev–Trinajstić information content (AvgIpc) is 3.11. The normalized spacial score (nSPS) is 12.9. The molecule has 0 spiro atoms. The number of aryl methyl sites for hydroxylation is 1. The number of carbonyl (C=O) groups excluding carboxylic acids is 1. The number of pyridine rings is 2. The topological polar surface area (TPSA) is 73.8 Å². The van der Waals surface area contributed by atoms with Crippen molar-refractivity contribution in [3.8, 4) is 22.9 Å². The number of benzene rings is 3. The predicted octanol–water partition coefficient (Wildman–Crippen LogP) is 9.81. The van der Waals surface area contributed by atoms with Gasteiger partial charge in [0.1, 0.15) is 18.8 Å². The molecule has 0 fully saturated rings. The van der Waals surface area contributed by atoms with Gasteiger partial charge in [-0.1, -0.05) is 86.7 Å². The van der Waals surface area contributed by atoms with Crippen LogP contribution >= 0.6 is 0 Å². The van der Waals surface area contributed by atoms with Crippen molar-refractivity contribution in [1.82, 2.24) is 14.9 Å². The Morgan fingerprint density at radius 1 is 0.833 bits per heavy atom. The van der Waals surface area contributed by atoms with Crippen LogP contribution in [0.1, 0.15) is 63.3 Å². The van der Waals surface area contributed by atoms with Crippen molar-refractivity contribution in [3.05, 3.63) is 126 Å². The molecule has 1 amide bonds. The Balaban J connectivity index is 0.00000221. The lowest BCUT2D eigenvalue weighted by Crippen LogP contribution is -2.39. The largest absolute Gasteiger partial charge is 0.473 e. The quantitative estimate of drug-likeness (QED) is 0.168. The fourth-order valence-electron chi connectivity index (χ4n) is 5.53. The fourth-order valence-corrected chi connectivity index (χ4v) is 5.53. The second kappa shape index (κ2) is 15.6. The molecule has 0 radical (unpaired) electrons. The minimum absolute atomic E-state index is 0.276. The third-order valence-corrected chi connectivity index (χ3v) is 7.93. The first-order chi connectivity index (χ1) is 23.2. The molecule has 7 nitrogen and oxygen atoms in total. The third-order valence-electron chi connectivity index (χ3n) is 7.93. The third kappa shape index (κ3) is 8.59. The van der Waals surface area contributed by atoms with Crippen LogP contribution in [0.4, 0.5) is 4.79 Å². The monoisotopic (exact) mass is 643 g/mol. The van der Waals surface area contributed by atoms with Crippen molar-refractivity contribution < 1.29 is 19.0 Å². The van der Waals surface area contributed by atoms with Crippen molar-refractivity contribution in [3.63, 3.8) is 0 Å². The van der Waals surface area contributed by atoms with Crippen molar-refractivity contribution in [2.24, 2.45) is 0 Å². The first-order valence-electron chi connectivity index (χ1n) is 16.6. The summed E-state index contributed by atoms with van der Waals surface area (Å²) in [5, 5.41) is 1.06. The van der Waals surface area contributed by atoms with E-state index in [4.69, 9.17) is 24.2 Å². The van der Waals surface area contributed by atoms with Crippen molar-refractivity contribution in [2.45, 2.75) is 66.8 Å². The van der Waals surface area contributed by atoms with Gasteiger partial charge in [-0.2, -0.15) is 4.98 Å². The van der Waals surface area contributed by atoms with Gasteiger partial charge in [0, 0.05) is 41.9 Å². The molecular weight excluding hydrogens is 598 g/mol. The Bertz CT molecular complexity index is 1860. The Labute approximate surface area is 284 Å². The minimum Gasteiger partial charge on any atom is -0.473 e. The molecule has 248 valence electrons. The average molecular weight is 644 g/mol. The van der Waals surface area contributed by atoms with Crippen LogP contribution in [0.3, 0.4) is 0 Å². The Morgan fingerprint density at radius 3 is 2.10 bits per heavy atom. The van der Waals surface area contributed by atoms with Crippen LogP contribution in [0, 0.1) is 6.92 Å². The van der Waals surface area contributed by atoms with Crippen LogP contribution in [0.5, 0.6) is 11.8 Å². The summed E-state index contributed by atoms with van der Waals surface area (Å²) in [7, 11) is 0. The lowest BCUT2D eigenvalue weighted by Gasteiger charge is -2.30. The van der Waals surface area contributed by atoms with E-state index in [1.54, 1.807) is 4.90 Å². The Morgan fingerprint density at radius 2 is 1.48 bits per heavy atom. The molecule has 0 saturated heterocycles. The summed E-state index contributed by atoms with van der Waals surface area (Å²) >= 11 is 0. The number of fused-ring (bicyclic) bond motifs is 1. The van der Waals surface area contributed by atoms with Gasteiger partial charge in [0.25, 0.3) is 0 Å². The Hall–Kier alpha value is -5.17. The van der Waals surface area contributed by atoms with E-state index in [0.717, 1.165) is 45.1 Å². The summed E-state index contributed by atoms with van der Waals surface area (Å²) in [5.74, 6) is 0.981. The number of hydrogen-bond donors (Lipinski definition) is 0. The maximum absolute atomic E-state index is 12.6. The standard InChI is InChI=1S/C39H39N3O4.C2H6/c1-27-32(30-19-21-42(22-20-30)38(43)46-39(2,3)4)15-17-35-34(27)23-31(24-40-35)33-16-18-36(44-25-28-11-7-5-8-12-28)41-37(33)45-26-29-13-9-6-10-14-29;1-2/h5-19,23-24H,20-22,25-26H2,1-4H3;1-2H3. The molecule has 2 aromatic heterocycles. The summed E-state index contributed by atoms with van der Waals surface area (Å²) in [6.45, 7) is 13.7. The second-order valence-corrected chi connectivity index (χ2v) is 12.5. The molecule has 1 aliphatic heterocycles. The highest BCUT2D eigenvalue weighted by atomic mass is 16.6. The molecule has 1 aliphatic rings. The zero-order chi connectivity index (χ0) is 34.1. The number of nitrogens with zero attached hydrogens (tertiary/aromatic N) is 3. The molecule has 48 heavy (non-hydrogen) atoms. The molecule has 0 aliphatic carbocycles. The first kappa shape index (κ1) is 34.2. The van der Waals surface area contributed by atoms with E-state index in [2.05, 4.69) is 31.2 Å². The smallest absolute Gasteiger partial charge is 0.410 e. The number of rotatable bonds is 8. The molecule has 0 N–H and O–H groups in total. The second-order valence-electron chi connectivity index (χ2n) is 12.5. The molecule has 0 saturated carbocycles. The van der Waals surface area contributed by atoms with E-state index >= 15 is 0 Å². The van der Waals surface area contributed by atoms with Crippen molar-refractivity contribution in [2.75, 3.05) is 13.1 Å². The lowest BCUT2D eigenvalue weighted by molar-refractivity contribution is 0.0270. The summed E-state index contributed by atoms with van der Waals surface area (Å²) in [5.41, 5.74) is 7.80. The van der Waals surface area contributed by atoms with Gasteiger partial charge >= 0.3 is 6.09 Å². The van der Waals surface area contributed by atoms with Gasteiger partial charge < -0.3 is 19.1 Å². The SMILES string of the molecule is CC.Cc1c(C2=CCN(C(=O)OC(C)(C)C)CC2)ccc2ncc(-c3ccc(OCc4ccccc4)nc3OCc3ccccc3)cc12. The molecule has 0 unspecified atom stereocenters. The fraction of sp³-hybridized carbons (Fsp3) is 0.293. The summed E-state index contributed by atoms with van der Waals surface area (Å²) < 4.78 is 17.9. The summed E-state index contributed by atoms with van der Waals surface area (Å²) in [6.07, 6.45) is 4.48. The van der Waals surface area contributed by atoms with Gasteiger partial charge in [-0.3, -0.25) is 4.98 Å². The van der Waals surface area contributed by atoms with Crippen molar-refractivity contribution >= 4 is 22.6 Å². The van der Waals surface area contributed by atoms with E-state index in [-0.39, 0.29) is 6.09 Å². The lowest BCUT2D eigenvalue weighted by atomic mass is 9.92. The van der Waals surface area contributed by atoms with E-state index in [1.165, 1.54) is 11.1 Å². The van der Waals surface area contributed by atoms with Gasteiger partial charge in [-0.25, -0.2) is 4.79 Å². The molecule has 3 heterocycles. The van der Waals surface area contributed by atoms with Gasteiger partial charge in [0.2, 0.25) is 11.8 Å². The van der Waals surface area contributed by atoms with Crippen molar-refractivity contribution in [1.29, 1.82) is 0 Å². The highest BCUT2D eigenvalue weighted by molar-refractivity contribution is 5.91. The van der Waals surface area contributed by atoms with Crippen LogP contribution in [0.25, 0.3) is 27.6 Å². The minimum atomic E-state index is -0.516. The first-order valence-corrected chi connectivity index (χ1v) is 16.6. The van der Waals surface area contributed by atoms with E-state index in [9.17, 15) is 4.79 Å². The van der Waals surface area contributed by atoms with Crippen LogP contribution in [-0.2, 0) is 18.0 Å². The van der Waals surface area contributed by atoms with Crippen LogP contribution in [0.2, 0.25) is 0 Å². The van der Waals surface area contributed by atoms with E-state index < -0.39 is 5.60 Å². The van der Waals surface area contributed by atoms with Crippen LogP contribution < -0.4 is 9.47 Å². The number of amides is 1. The maximum Gasteiger partial charge on any atom is 0.410 e. The molecule has 7 heteroatoms. The Kier molecular flexibility index (Phi) is 11.1. The number of aromatic nitrogens is 2. The van der Waals surface area contributed by atoms with Crippen LogP contribution in [-0.4, -0.2) is 39.7 Å². The molecular formula is C41H45N3O4. The molecule has 3 aromatic carbocycles. The highest BCUT2D eigenvalue weighted by Gasteiger charge is 2.24. The van der Waals surface area contributed by atoms with Gasteiger partial charge in [-0.05, 0) is 80.1 Å². The van der Waals surface area contributed by atoms with Gasteiger partial charge in [0.15, 0.2) is 0 Å². The summed E-state index contributed by atoms with van der Waals surface area (Å²) in [6, 6.07) is 30.3.